The molecule has 0 saturated carbocycles. The van der Waals surface area contributed by atoms with Gasteiger partial charge in [-0.1, -0.05) is 45.0 Å². The van der Waals surface area contributed by atoms with Gasteiger partial charge in [0.05, 0.1) is 7.11 Å². The summed E-state index contributed by atoms with van der Waals surface area (Å²) in [5.74, 6) is 0. The Labute approximate surface area is 92.6 Å². The summed E-state index contributed by atoms with van der Waals surface area (Å²) >= 11 is 0. The van der Waals surface area contributed by atoms with Crippen LogP contribution in [0.1, 0.15) is 31.9 Å². The van der Waals surface area contributed by atoms with E-state index in [1.807, 2.05) is 0 Å². The highest BCUT2D eigenvalue weighted by molar-refractivity contribution is 5.23. The fourth-order valence-electron chi connectivity index (χ4n) is 1.54. The van der Waals surface area contributed by atoms with E-state index in [2.05, 4.69) is 50.5 Å². The molecule has 0 unspecified atom stereocenters. The Balaban J connectivity index is 2.56. The van der Waals surface area contributed by atoms with Gasteiger partial charge in [0, 0.05) is 6.54 Å². The third-order valence-electron chi connectivity index (χ3n) is 2.18. The minimum absolute atomic E-state index is 0.353. The summed E-state index contributed by atoms with van der Waals surface area (Å²) in [6.45, 7) is 7.53. The summed E-state index contributed by atoms with van der Waals surface area (Å²) in [6.07, 6.45) is 1.12. The highest BCUT2D eigenvalue weighted by Crippen LogP contribution is 2.20. The van der Waals surface area contributed by atoms with Crippen molar-refractivity contribution < 1.29 is 4.84 Å². The Morgan fingerprint density at radius 1 is 1.07 bits per heavy atom. The van der Waals surface area contributed by atoms with Crippen LogP contribution in [0.3, 0.4) is 0 Å². The first kappa shape index (κ1) is 12.2. The third kappa shape index (κ3) is 4.96. The van der Waals surface area contributed by atoms with Crippen molar-refractivity contribution in [1.29, 1.82) is 0 Å². The van der Waals surface area contributed by atoms with Gasteiger partial charge in [0.2, 0.25) is 0 Å². The zero-order valence-electron chi connectivity index (χ0n) is 10.1. The van der Waals surface area contributed by atoms with Crippen molar-refractivity contribution in [3.05, 3.63) is 35.4 Å². The van der Waals surface area contributed by atoms with Crippen LogP contribution in [0.2, 0.25) is 0 Å². The van der Waals surface area contributed by atoms with Crippen molar-refractivity contribution in [3.63, 3.8) is 0 Å². The van der Waals surface area contributed by atoms with E-state index >= 15 is 0 Å². The van der Waals surface area contributed by atoms with E-state index in [9.17, 15) is 0 Å². The Hall–Kier alpha value is -0.860. The van der Waals surface area contributed by atoms with E-state index in [-0.39, 0.29) is 0 Å². The Kier molecular flexibility index (Phi) is 4.30. The number of rotatable bonds is 4. The second kappa shape index (κ2) is 5.29. The fraction of sp³-hybridized carbons (Fsp3) is 0.538. The number of hydroxylamine groups is 1. The topological polar surface area (TPSA) is 21.3 Å². The van der Waals surface area contributed by atoms with Gasteiger partial charge in [0.1, 0.15) is 0 Å². The van der Waals surface area contributed by atoms with Crippen molar-refractivity contribution >= 4 is 0 Å². The largest absolute Gasteiger partial charge is 0.305 e. The first-order chi connectivity index (χ1) is 7.01. The van der Waals surface area contributed by atoms with E-state index in [1.54, 1.807) is 7.11 Å². The molecule has 0 amide bonds. The van der Waals surface area contributed by atoms with Crippen LogP contribution in [0.4, 0.5) is 0 Å². The molecule has 0 spiro atoms. The molecule has 0 saturated heterocycles. The molecule has 1 aromatic rings. The maximum absolute atomic E-state index is 4.81. The molecule has 1 aromatic carbocycles. The molecule has 2 heteroatoms. The molecule has 1 rings (SSSR count). The molecular weight excluding hydrogens is 186 g/mol. The van der Waals surface area contributed by atoms with E-state index in [1.165, 1.54) is 11.1 Å². The first-order valence-electron chi connectivity index (χ1n) is 5.35. The molecule has 1 N–H and O–H groups in total. The molecule has 0 aliphatic rings. The summed E-state index contributed by atoms with van der Waals surface area (Å²) in [7, 11) is 1.63. The molecule has 0 aliphatic heterocycles. The molecule has 0 bridgehead atoms. The molecule has 0 fully saturated rings. The Morgan fingerprint density at radius 3 is 2.07 bits per heavy atom. The van der Waals surface area contributed by atoms with Crippen LogP contribution in [0, 0.1) is 5.41 Å². The van der Waals surface area contributed by atoms with Gasteiger partial charge >= 0.3 is 0 Å². The number of hydrogen-bond acceptors (Lipinski definition) is 2. The smallest absolute Gasteiger partial charge is 0.0572 e. The minimum Gasteiger partial charge on any atom is -0.305 e. The monoisotopic (exact) mass is 207 g/mol. The summed E-state index contributed by atoms with van der Waals surface area (Å²) in [6, 6.07) is 8.68. The summed E-state index contributed by atoms with van der Waals surface area (Å²) < 4.78 is 0. The lowest BCUT2D eigenvalue weighted by atomic mass is 9.88. The zero-order chi connectivity index (χ0) is 11.3. The second-order valence-electron chi connectivity index (χ2n) is 5.08. The molecule has 0 aliphatic carbocycles. The van der Waals surface area contributed by atoms with Crippen LogP contribution in [-0.4, -0.2) is 7.11 Å². The first-order valence-corrected chi connectivity index (χ1v) is 5.35. The van der Waals surface area contributed by atoms with Gasteiger partial charge in [-0.2, -0.15) is 5.48 Å². The van der Waals surface area contributed by atoms with Gasteiger partial charge in [-0.15, -0.1) is 0 Å². The van der Waals surface area contributed by atoms with Gasteiger partial charge in [0.15, 0.2) is 0 Å². The van der Waals surface area contributed by atoms with E-state index in [0.29, 0.717) is 5.41 Å². The Morgan fingerprint density at radius 2 is 1.60 bits per heavy atom. The highest BCUT2D eigenvalue weighted by atomic mass is 16.6. The van der Waals surface area contributed by atoms with Crippen LogP contribution in [0.15, 0.2) is 24.3 Å². The predicted octanol–water partition coefficient (Wildman–Crippen LogP) is 2.93. The molecule has 0 atom stereocenters. The summed E-state index contributed by atoms with van der Waals surface area (Å²) in [5, 5.41) is 0. The molecule has 0 radical (unpaired) electrons. The zero-order valence-corrected chi connectivity index (χ0v) is 10.1. The van der Waals surface area contributed by atoms with Gasteiger partial charge in [-0.05, 0) is 23.0 Å². The molecule has 0 heterocycles. The lowest BCUT2D eigenvalue weighted by molar-refractivity contribution is 0.0867. The maximum atomic E-state index is 4.81. The van der Waals surface area contributed by atoms with Crippen molar-refractivity contribution in [1.82, 2.24) is 5.48 Å². The lowest BCUT2D eigenvalue weighted by Crippen LogP contribution is -2.11. The molecular formula is C13H21NO. The standard InChI is InChI=1S/C13H21NO/c1-13(2,3)9-11-5-7-12(8-6-11)10-14-15-4/h5-8,14H,9-10H2,1-4H3. The molecule has 15 heavy (non-hydrogen) atoms. The highest BCUT2D eigenvalue weighted by Gasteiger charge is 2.10. The van der Waals surface area contributed by atoms with E-state index < -0.39 is 0 Å². The van der Waals surface area contributed by atoms with Gasteiger partial charge in [-0.3, -0.25) is 0 Å². The van der Waals surface area contributed by atoms with Crippen molar-refractivity contribution in [2.45, 2.75) is 33.7 Å². The molecule has 2 nitrogen and oxygen atoms in total. The van der Waals surface area contributed by atoms with Crippen LogP contribution in [0.5, 0.6) is 0 Å². The molecule has 0 aromatic heterocycles. The minimum atomic E-state index is 0.353. The second-order valence-corrected chi connectivity index (χ2v) is 5.08. The molecule has 84 valence electrons. The van der Waals surface area contributed by atoms with Gasteiger partial charge in [-0.25, -0.2) is 0 Å². The van der Waals surface area contributed by atoms with Crippen molar-refractivity contribution in [2.75, 3.05) is 7.11 Å². The summed E-state index contributed by atoms with van der Waals surface area (Å²) in [4.78, 5) is 4.81. The third-order valence-corrected chi connectivity index (χ3v) is 2.18. The number of nitrogens with one attached hydrogen (secondary N) is 1. The Bertz CT molecular complexity index is 284. The fourth-order valence-corrected chi connectivity index (χ4v) is 1.54. The average Bonchev–Trinajstić information content (AvgIpc) is 2.14. The maximum Gasteiger partial charge on any atom is 0.0572 e. The van der Waals surface area contributed by atoms with Crippen molar-refractivity contribution in [3.8, 4) is 0 Å². The van der Waals surface area contributed by atoms with Crippen LogP contribution in [0.25, 0.3) is 0 Å². The number of hydrogen-bond donors (Lipinski definition) is 1. The summed E-state index contributed by atoms with van der Waals surface area (Å²) in [5.41, 5.74) is 5.82. The lowest BCUT2D eigenvalue weighted by Gasteiger charge is -2.18. The number of benzene rings is 1. The van der Waals surface area contributed by atoms with Crippen molar-refractivity contribution in [2.24, 2.45) is 5.41 Å². The normalized spacial score (nSPS) is 11.7. The SMILES string of the molecule is CONCc1ccc(CC(C)(C)C)cc1. The van der Waals surface area contributed by atoms with Gasteiger partial charge in [0.25, 0.3) is 0 Å². The average molecular weight is 207 g/mol. The predicted molar refractivity (Wildman–Crippen MR) is 63.4 cm³/mol. The van der Waals surface area contributed by atoms with E-state index in [4.69, 9.17) is 4.84 Å². The van der Waals surface area contributed by atoms with E-state index in [0.717, 1.165) is 13.0 Å². The quantitative estimate of drug-likeness (QED) is 0.766. The van der Waals surface area contributed by atoms with Crippen LogP contribution >= 0.6 is 0 Å². The van der Waals surface area contributed by atoms with Crippen LogP contribution in [-0.2, 0) is 17.8 Å². The van der Waals surface area contributed by atoms with Crippen LogP contribution < -0.4 is 5.48 Å². The van der Waals surface area contributed by atoms with Gasteiger partial charge < -0.3 is 4.84 Å².